The fourth-order valence-electron chi connectivity index (χ4n) is 11.5. The van der Waals surface area contributed by atoms with Gasteiger partial charge >= 0.3 is 0 Å². The summed E-state index contributed by atoms with van der Waals surface area (Å²) in [5.41, 5.74) is 23.1. The molecule has 0 aliphatic heterocycles. The van der Waals surface area contributed by atoms with Crippen LogP contribution in [0.25, 0.3) is 60.9 Å². The number of para-hydroxylation sites is 1. The summed E-state index contributed by atoms with van der Waals surface area (Å²) in [7, 11) is 0. The average Bonchev–Trinajstić information content (AvgIpc) is 3.81. The van der Waals surface area contributed by atoms with Gasteiger partial charge in [-0.1, -0.05) is 167 Å². The summed E-state index contributed by atoms with van der Waals surface area (Å²) in [4.78, 5) is 2.45. The van der Waals surface area contributed by atoms with Crippen LogP contribution in [0, 0.1) is 0 Å². The number of anilines is 3. The third-order valence-corrected chi connectivity index (χ3v) is 15.4. The lowest BCUT2D eigenvalue weighted by atomic mass is 9.80. The van der Waals surface area contributed by atoms with Crippen LogP contribution in [-0.4, -0.2) is 4.57 Å². The Labute approximate surface area is 395 Å². The Bertz CT molecular complexity index is 3450. The molecule has 0 spiro atoms. The number of rotatable bonds is 11. The topological polar surface area (TPSA) is 8.17 Å². The van der Waals surface area contributed by atoms with Gasteiger partial charge in [-0.15, -0.1) is 0 Å². The van der Waals surface area contributed by atoms with Gasteiger partial charge in [0.15, 0.2) is 0 Å². The van der Waals surface area contributed by atoms with Crippen molar-refractivity contribution in [3.8, 4) is 39.1 Å². The zero-order valence-corrected chi connectivity index (χ0v) is 39.0. The molecule has 0 saturated heterocycles. The number of aromatic nitrogens is 1. The fraction of sp³-hybridized carbons (Fsp3) is 0.169. The first-order chi connectivity index (χ1) is 32.8. The number of aryl methyl sites for hydroxylation is 2. The molecule has 12 rings (SSSR count). The van der Waals surface area contributed by atoms with Crippen molar-refractivity contribution in [2.24, 2.45) is 0 Å². The first-order valence-corrected chi connectivity index (χ1v) is 24.4. The lowest BCUT2D eigenvalue weighted by Crippen LogP contribution is -2.16. The van der Waals surface area contributed by atoms with Crippen molar-refractivity contribution in [3.63, 3.8) is 0 Å². The molecule has 0 radical (unpaired) electrons. The highest BCUT2D eigenvalue weighted by molar-refractivity contribution is 6.12. The molecule has 1 heterocycles. The van der Waals surface area contributed by atoms with Crippen LogP contribution < -0.4 is 4.90 Å². The van der Waals surface area contributed by atoms with Crippen LogP contribution >= 0.6 is 0 Å². The van der Waals surface area contributed by atoms with E-state index in [9.17, 15) is 0 Å². The van der Waals surface area contributed by atoms with E-state index in [4.69, 9.17) is 0 Å². The summed E-state index contributed by atoms with van der Waals surface area (Å²) in [6.07, 6.45) is 4.81. The molecule has 2 aliphatic rings. The van der Waals surface area contributed by atoms with Crippen molar-refractivity contribution < 1.29 is 0 Å². The smallest absolute Gasteiger partial charge is 0.0542 e. The monoisotopic (exact) mass is 864 g/mol. The van der Waals surface area contributed by atoms with E-state index < -0.39 is 0 Å². The van der Waals surface area contributed by atoms with Crippen LogP contribution in [0.3, 0.4) is 0 Å². The van der Waals surface area contributed by atoms with E-state index in [2.05, 4.69) is 243 Å². The van der Waals surface area contributed by atoms with E-state index in [0.717, 1.165) is 35.6 Å². The summed E-state index contributed by atoms with van der Waals surface area (Å²) >= 11 is 0. The Morgan fingerprint density at radius 2 is 1.04 bits per heavy atom. The molecule has 0 bridgehead atoms. The van der Waals surface area contributed by atoms with Gasteiger partial charge < -0.3 is 9.47 Å². The Morgan fingerprint density at radius 1 is 0.478 bits per heavy atom. The Morgan fingerprint density at radius 3 is 1.78 bits per heavy atom. The van der Waals surface area contributed by atoms with Crippen molar-refractivity contribution in [2.75, 3.05) is 4.90 Å². The Hall–Kier alpha value is -7.42. The van der Waals surface area contributed by atoms with Gasteiger partial charge in [0, 0.05) is 38.9 Å². The molecular weight excluding hydrogens is 809 g/mol. The van der Waals surface area contributed by atoms with Gasteiger partial charge in [0.1, 0.15) is 0 Å². The van der Waals surface area contributed by atoms with Gasteiger partial charge in [0.25, 0.3) is 0 Å². The maximum atomic E-state index is 2.49. The maximum absolute atomic E-state index is 2.49. The van der Waals surface area contributed by atoms with Crippen LogP contribution in [-0.2, 0) is 18.3 Å². The zero-order chi connectivity index (χ0) is 45.2. The van der Waals surface area contributed by atoms with Gasteiger partial charge in [-0.2, -0.15) is 0 Å². The van der Waals surface area contributed by atoms with E-state index in [1.165, 1.54) is 90.3 Å². The van der Waals surface area contributed by atoms with Gasteiger partial charge in [0.05, 0.1) is 11.0 Å². The highest BCUT2D eigenvalue weighted by Crippen LogP contribution is 2.51. The quantitative estimate of drug-likeness (QED) is 0.126. The van der Waals surface area contributed by atoms with Crippen LogP contribution in [0.5, 0.6) is 0 Å². The molecule has 0 N–H and O–H groups in total. The molecular formula is C65H56N2. The van der Waals surface area contributed by atoms with E-state index >= 15 is 0 Å². The standard InChI is InChI=1S/C65H56N2/c1-5-44(50-26-24-48-25-27-51(48)39-50)38-43(2)45-20-22-49(23-21-45)52-30-36-63-59(40-52)60-41-55(34-37-64(60)67(63)53-16-10-7-11-17-53)66(54-31-28-47(29-32-54)46-14-8-6-9-15-46)56-33-35-58-57-18-12-13-19-61(57)65(3,4)62(58)42-56/h6-24,26,28-37,39-44H,5,25,27,38H2,1-4H3. The van der Waals surface area contributed by atoms with E-state index in [1.54, 1.807) is 11.1 Å². The predicted octanol–water partition coefficient (Wildman–Crippen LogP) is 17.7. The highest BCUT2D eigenvalue weighted by Gasteiger charge is 2.36. The number of hydrogen-bond donors (Lipinski definition) is 0. The molecule has 2 atom stereocenters. The molecule has 0 saturated carbocycles. The minimum atomic E-state index is -0.120. The first-order valence-electron chi connectivity index (χ1n) is 24.4. The lowest BCUT2D eigenvalue weighted by molar-refractivity contribution is 0.543. The molecule has 10 aromatic rings. The van der Waals surface area contributed by atoms with Crippen molar-refractivity contribution >= 4 is 38.9 Å². The van der Waals surface area contributed by atoms with Gasteiger partial charge in [0.2, 0.25) is 0 Å². The number of nitrogens with zero attached hydrogens (tertiary/aromatic N) is 2. The van der Waals surface area contributed by atoms with Crippen molar-refractivity contribution in [1.29, 1.82) is 0 Å². The molecule has 2 aliphatic carbocycles. The Kier molecular flexibility index (Phi) is 10.1. The van der Waals surface area contributed by atoms with E-state index in [0.29, 0.717) is 11.8 Å². The molecule has 326 valence electrons. The lowest BCUT2D eigenvalue weighted by Gasteiger charge is -2.28. The van der Waals surface area contributed by atoms with Crippen molar-refractivity contribution in [3.05, 3.63) is 240 Å². The average molecular weight is 865 g/mol. The number of fused-ring (bicyclic) bond motifs is 7. The van der Waals surface area contributed by atoms with Crippen LogP contribution in [0.2, 0.25) is 0 Å². The first kappa shape index (κ1) is 41.0. The number of hydrogen-bond acceptors (Lipinski definition) is 1. The van der Waals surface area contributed by atoms with E-state index in [-0.39, 0.29) is 5.41 Å². The molecule has 67 heavy (non-hydrogen) atoms. The minimum Gasteiger partial charge on any atom is -0.310 e. The SMILES string of the molecule is CCC(CC(C)c1ccc(-c2ccc3c(c2)c2cc(N(c4ccc(-c5ccccc5)cc4)c4ccc5c(c4)C(C)(C)c4ccccc4-5)ccc2n3-c2ccccc2)cc1)c1ccc2c(c1)CC2. The third kappa shape index (κ3) is 7.09. The summed E-state index contributed by atoms with van der Waals surface area (Å²) in [6, 6.07) is 77.4. The summed E-state index contributed by atoms with van der Waals surface area (Å²) in [5, 5.41) is 2.47. The van der Waals surface area contributed by atoms with Crippen LogP contribution in [0.4, 0.5) is 17.1 Å². The van der Waals surface area contributed by atoms with Gasteiger partial charge in [-0.05, 0) is 171 Å². The highest BCUT2D eigenvalue weighted by atomic mass is 15.1. The molecule has 0 fully saturated rings. The van der Waals surface area contributed by atoms with Crippen LogP contribution in [0.15, 0.2) is 206 Å². The molecule has 0 amide bonds. The maximum Gasteiger partial charge on any atom is 0.0542 e. The summed E-state index contributed by atoms with van der Waals surface area (Å²) < 4.78 is 2.43. The van der Waals surface area contributed by atoms with E-state index in [1.807, 2.05) is 0 Å². The normalized spacial score (nSPS) is 14.3. The minimum absolute atomic E-state index is 0.120. The van der Waals surface area contributed by atoms with Crippen molar-refractivity contribution in [1.82, 2.24) is 4.57 Å². The van der Waals surface area contributed by atoms with Crippen LogP contribution in [0.1, 0.15) is 85.8 Å². The molecule has 2 unspecified atom stereocenters. The second-order valence-corrected chi connectivity index (χ2v) is 19.6. The number of benzene rings is 9. The predicted molar refractivity (Wildman–Crippen MR) is 284 cm³/mol. The largest absolute Gasteiger partial charge is 0.310 e. The second kappa shape index (κ2) is 16.5. The van der Waals surface area contributed by atoms with Gasteiger partial charge in [-0.3, -0.25) is 0 Å². The fourth-order valence-corrected chi connectivity index (χ4v) is 11.5. The summed E-state index contributed by atoms with van der Waals surface area (Å²) in [6.45, 7) is 9.49. The Balaban J connectivity index is 0.956. The molecule has 2 heteroatoms. The third-order valence-electron chi connectivity index (χ3n) is 15.4. The summed E-state index contributed by atoms with van der Waals surface area (Å²) in [5.74, 6) is 1.05. The van der Waals surface area contributed by atoms with Gasteiger partial charge in [-0.25, -0.2) is 0 Å². The molecule has 1 aromatic heterocycles. The second-order valence-electron chi connectivity index (χ2n) is 19.6. The zero-order valence-electron chi connectivity index (χ0n) is 39.0. The molecule has 9 aromatic carbocycles. The molecule has 2 nitrogen and oxygen atoms in total. The van der Waals surface area contributed by atoms with Crippen molar-refractivity contribution in [2.45, 2.75) is 70.6 Å².